The van der Waals surface area contributed by atoms with Gasteiger partial charge in [-0.2, -0.15) is 5.10 Å². The molecule has 2 atom stereocenters. The van der Waals surface area contributed by atoms with E-state index in [2.05, 4.69) is 52.4 Å². The molecular formula is C15H19N3. The third kappa shape index (κ3) is 2.18. The summed E-state index contributed by atoms with van der Waals surface area (Å²) >= 11 is 0. The van der Waals surface area contributed by atoms with E-state index in [9.17, 15) is 0 Å². The molecule has 0 amide bonds. The Morgan fingerprint density at radius 1 is 1.17 bits per heavy atom. The van der Waals surface area contributed by atoms with Gasteiger partial charge in [0.2, 0.25) is 0 Å². The van der Waals surface area contributed by atoms with Crippen molar-refractivity contribution in [1.82, 2.24) is 15.1 Å². The van der Waals surface area contributed by atoms with Crippen LogP contribution < -0.4 is 5.32 Å². The average molecular weight is 241 g/mol. The maximum atomic E-state index is 4.48. The molecule has 0 aliphatic carbocycles. The first-order valence-corrected chi connectivity index (χ1v) is 6.64. The van der Waals surface area contributed by atoms with E-state index in [1.807, 2.05) is 12.3 Å². The summed E-state index contributed by atoms with van der Waals surface area (Å²) in [6, 6.07) is 12.5. The van der Waals surface area contributed by atoms with Crippen LogP contribution in [0.25, 0.3) is 5.69 Å². The molecule has 1 aliphatic heterocycles. The quantitative estimate of drug-likeness (QED) is 0.876. The smallest absolute Gasteiger partial charge is 0.0648 e. The molecule has 1 aromatic carbocycles. The third-order valence-electron chi connectivity index (χ3n) is 3.66. The molecule has 1 saturated heterocycles. The average Bonchev–Trinajstić information content (AvgIpc) is 2.89. The Morgan fingerprint density at radius 2 is 2.00 bits per heavy atom. The van der Waals surface area contributed by atoms with E-state index in [-0.39, 0.29) is 0 Å². The van der Waals surface area contributed by atoms with Crippen LogP contribution in [0, 0.1) is 5.92 Å². The number of rotatable bonds is 2. The molecule has 0 spiro atoms. The fraction of sp³-hybridized carbons (Fsp3) is 0.400. The van der Waals surface area contributed by atoms with Crippen LogP contribution in [0.2, 0.25) is 0 Å². The second-order valence-corrected chi connectivity index (χ2v) is 5.20. The van der Waals surface area contributed by atoms with E-state index in [0.717, 1.165) is 24.7 Å². The number of nitrogens with one attached hydrogen (secondary N) is 1. The summed E-state index contributed by atoms with van der Waals surface area (Å²) in [7, 11) is 0. The van der Waals surface area contributed by atoms with Gasteiger partial charge in [-0.1, -0.05) is 25.1 Å². The lowest BCUT2D eigenvalue weighted by Crippen LogP contribution is -2.34. The molecule has 3 nitrogen and oxygen atoms in total. The Morgan fingerprint density at radius 3 is 2.78 bits per heavy atom. The summed E-state index contributed by atoms with van der Waals surface area (Å²) in [5.41, 5.74) is 2.47. The Balaban J connectivity index is 1.92. The highest BCUT2D eigenvalue weighted by molar-refractivity contribution is 5.33. The molecule has 94 valence electrons. The maximum Gasteiger partial charge on any atom is 0.0648 e. The molecule has 3 heteroatoms. The Bertz CT molecular complexity index is 503. The minimum absolute atomic E-state index is 0.566. The predicted molar refractivity (Wildman–Crippen MR) is 73.0 cm³/mol. The minimum atomic E-state index is 0.566. The molecule has 0 bridgehead atoms. The molecule has 2 aromatic rings. The summed E-state index contributed by atoms with van der Waals surface area (Å²) in [5.74, 6) is 1.30. The van der Waals surface area contributed by atoms with Gasteiger partial charge in [0.15, 0.2) is 0 Å². The molecule has 1 fully saturated rings. The normalized spacial score (nSPS) is 24.1. The van der Waals surface area contributed by atoms with Crippen molar-refractivity contribution < 1.29 is 0 Å². The van der Waals surface area contributed by atoms with Crippen LogP contribution in [-0.2, 0) is 0 Å². The van der Waals surface area contributed by atoms with Gasteiger partial charge in [0.1, 0.15) is 0 Å². The van der Waals surface area contributed by atoms with Crippen molar-refractivity contribution in [2.75, 3.05) is 13.1 Å². The molecular weight excluding hydrogens is 222 g/mol. The summed E-state index contributed by atoms with van der Waals surface area (Å²) in [5, 5.41) is 7.99. The molecule has 3 rings (SSSR count). The van der Waals surface area contributed by atoms with Crippen LogP contribution in [0.1, 0.15) is 25.0 Å². The third-order valence-corrected chi connectivity index (χ3v) is 3.66. The lowest BCUT2D eigenvalue weighted by atomic mass is 9.89. The number of hydrogen-bond donors (Lipinski definition) is 1. The van der Waals surface area contributed by atoms with Crippen LogP contribution >= 0.6 is 0 Å². The van der Waals surface area contributed by atoms with Crippen LogP contribution in [-0.4, -0.2) is 22.9 Å². The highest BCUT2D eigenvalue weighted by Gasteiger charge is 2.23. The van der Waals surface area contributed by atoms with Gasteiger partial charge in [-0.15, -0.1) is 0 Å². The number of piperidine rings is 1. The van der Waals surface area contributed by atoms with Crippen molar-refractivity contribution in [3.8, 4) is 5.69 Å². The lowest BCUT2D eigenvalue weighted by molar-refractivity contribution is 0.356. The zero-order chi connectivity index (χ0) is 12.4. The topological polar surface area (TPSA) is 29.9 Å². The first-order chi connectivity index (χ1) is 8.84. The monoisotopic (exact) mass is 241 g/mol. The molecule has 0 saturated carbocycles. The van der Waals surface area contributed by atoms with Crippen LogP contribution in [0.15, 0.2) is 42.6 Å². The number of nitrogens with zero attached hydrogens (tertiary/aromatic N) is 2. The van der Waals surface area contributed by atoms with Gasteiger partial charge in [-0.25, -0.2) is 4.68 Å². The number of para-hydroxylation sites is 1. The maximum absolute atomic E-state index is 4.48. The van der Waals surface area contributed by atoms with Gasteiger partial charge >= 0.3 is 0 Å². The van der Waals surface area contributed by atoms with Gasteiger partial charge in [0.25, 0.3) is 0 Å². The van der Waals surface area contributed by atoms with Crippen molar-refractivity contribution in [2.45, 2.75) is 19.3 Å². The van der Waals surface area contributed by atoms with Gasteiger partial charge in [0.05, 0.1) is 5.69 Å². The molecule has 18 heavy (non-hydrogen) atoms. The van der Waals surface area contributed by atoms with Crippen molar-refractivity contribution >= 4 is 0 Å². The largest absolute Gasteiger partial charge is 0.316 e. The fourth-order valence-corrected chi connectivity index (χ4v) is 2.79. The van der Waals surface area contributed by atoms with Gasteiger partial charge in [-0.05, 0) is 37.1 Å². The molecule has 0 radical (unpaired) electrons. The summed E-state index contributed by atoms with van der Waals surface area (Å²) in [6.45, 7) is 4.50. The Labute approximate surface area is 108 Å². The van der Waals surface area contributed by atoms with E-state index < -0.39 is 0 Å². The highest BCUT2D eigenvalue weighted by Crippen LogP contribution is 2.27. The zero-order valence-corrected chi connectivity index (χ0v) is 10.7. The zero-order valence-electron chi connectivity index (χ0n) is 10.7. The van der Waals surface area contributed by atoms with Crippen molar-refractivity contribution in [2.24, 2.45) is 5.92 Å². The van der Waals surface area contributed by atoms with Crippen LogP contribution in [0.3, 0.4) is 0 Å². The summed E-state index contributed by atoms with van der Waals surface area (Å²) in [4.78, 5) is 0. The first-order valence-electron chi connectivity index (χ1n) is 6.64. The van der Waals surface area contributed by atoms with E-state index in [1.54, 1.807) is 0 Å². The van der Waals surface area contributed by atoms with Crippen LogP contribution in [0.5, 0.6) is 0 Å². The van der Waals surface area contributed by atoms with Gasteiger partial charge in [0, 0.05) is 24.4 Å². The number of aromatic nitrogens is 2. The predicted octanol–water partition coefficient (Wildman–Crippen LogP) is 2.59. The number of hydrogen-bond acceptors (Lipinski definition) is 2. The standard InChI is InChI=1S/C15H19N3/c1-12-9-13(11-16-10-12)15-7-8-17-18(15)14-5-3-2-4-6-14/h2-8,12-13,16H,9-11H2,1H3. The molecule has 2 heterocycles. The second-order valence-electron chi connectivity index (χ2n) is 5.20. The lowest BCUT2D eigenvalue weighted by Gasteiger charge is -2.28. The van der Waals surface area contributed by atoms with Gasteiger partial charge in [-0.3, -0.25) is 0 Å². The van der Waals surface area contributed by atoms with E-state index in [0.29, 0.717) is 5.92 Å². The molecule has 1 N–H and O–H groups in total. The van der Waals surface area contributed by atoms with Crippen LogP contribution in [0.4, 0.5) is 0 Å². The second kappa shape index (κ2) is 4.94. The SMILES string of the molecule is CC1CNCC(c2ccnn2-c2ccccc2)C1. The molecule has 1 aromatic heterocycles. The first kappa shape index (κ1) is 11.5. The minimum Gasteiger partial charge on any atom is -0.316 e. The van der Waals surface area contributed by atoms with Gasteiger partial charge < -0.3 is 5.32 Å². The number of benzene rings is 1. The summed E-state index contributed by atoms with van der Waals surface area (Å²) in [6.07, 6.45) is 3.15. The van der Waals surface area contributed by atoms with Crippen molar-refractivity contribution in [3.05, 3.63) is 48.3 Å². The molecule has 2 unspecified atom stereocenters. The Kier molecular flexibility index (Phi) is 3.15. The van der Waals surface area contributed by atoms with Crippen molar-refractivity contribution in [1.29, 1.82) is 0 Å². The fourth-order valence-electron chi connectivity index (χ4n) is 2.79. The van der Waals surface area contributed by atoms with E-state index in [4.69, 9.17) is 0 Å². The Hall–Kier alpha value is -1.61. The summed E-state index contributed by atoms with van der Waals surface area (Å²) < 4.78 is 2.07. The highest BCUT2D eigenvalue weighted by atomic mass is 15.3. The van der Waals surface area contributed by atoms with Crippen molar-refractivity contribution in [3.63, 3.8) is 0 Å². The molecule has 1 aliphatic rings. The van der Waals surface area contributed by atoms with E-state index in [1.165, 1.54) is 12.1 Å². The van der Waals surface area contributed by atoms with E-state index >= 15 is 0 Å².